The molecule has 0 aliphatic carbocycles. The van der Waals surface area contributed by atoms with Gasteiger partial charge in [-0.05, 0) is 25.1 Å². The van der Waals surface area contributed by atoms with Gasteiger partial charge in [-0.25, -0.2) is 0 Å². The van der Waals surface area contributed by atoms with Gasteiger partial charge in [0.2, 0.25) is 0 Å². The number of hydrogen-bond donors (Lipinski definition) is 1. The van der Waals surface area contributed by atoms with E-state index >= 15 is 0 Å². The minimum absolute atomic E-state index is 0.582. The van der Waals surface area contributed by atoms with Crippen LogP contribution in [0.25, 0.3) is 0 Å². The lowest BCUT2D eigenvalue weighted by atomic mass is 10.2. The summed E-state index contributed by atoms with van der Waals surface area (Å²) in [6.07, 6.45) is 0. The molecular weight excluding hydrogens is 240 g/mol. The Morgan fingerprint density at radius 3 is 3.07 bits per heavy atom. The highest BCUT2D eigenvalue weighted by molar-refractivity contribution is 9.10. The van der Waals surface area contributed by atoms with Gasteiger partial charge in [0.25, 0.3) is 0 Å². The van der Waals surface area contributed by atoms with Crippen molar-refractivity contribution in [1.29, 1.82) is 0 Å². The molecular formula is C11H15BrN2. The lowest BCUT2D eigenvalue weighted by molar-refractivity contribution is 0.501. The van der Waals surface area contributed by atoms with Crippen molar-refractivity contribution in [3.05, 3.63) is 28.7 Å². The summed E-state index contributed by atoms with van der Waals surface area (Å²) in [4.78, 5) is 2.45. The van der Waals surface area contributed by atoms with E-state index in [-0.39, 0.29) is 0 Å². The van der Waals surface area contributed by atoms with E-state index in [9.17, 15) is 0 Å². The maximum atomic E-state index is 3.51. The average molecular weight is 255 g/mol. The van der Waals surface area contributed by atoms with Crippen molar-refractivity contribution in [3.63, 3.8) is 0 Å². The Morgan fingerprint density at radius 2 is 2.36 bits per heavy atom. The molecule has 1 aliphatic heterocycles. The SMILES string of the molecule is C[C@@H]1CNCCN1c1cccc(Br)c1. The van der Waals surface area contributed by atoms with E-state index in [1.807, 2.05) is 0 Å². The zero-order valence-corrected chi connectivity index (χ0v) is 9.92. The van der Waals surface area contributed by atoms with Crippen LogP contribution < -0.4 is 10.2 Å². The third-order valence-corrected chi connectivity index (χ3v) is 3.13. The van der Waals surface area contributed by atoms with Crippen LogP contribution in [-0.2, 0) is 0 Å². The van der Waals surface area contributed by atoms with E-state index in [0.717, 1.165) is 24.1 Å². The first-order valence-corrected chi connectivity index (χ1v) is 5.79. The fourth-order valence-corrected chi connectivity index (χ4v) is 2.27. The molecule has 14 heavy (non-hydrogen) atoms. The maximum Gasteiger partial charge on any atom is 0.0386 e. The minimum Gasteiger partial charge on any atom is -0.366 e. The van der Waals surface area contributed by atoms with Crippen molar-refractivity contribution in [2.45, 2.75) is 13.0 Å². The lowest BCUT2D eigenvalue weighted by Crippen LogP contribution is -2.49. The van der Waals surface area contributed by atoms with Gasteiger partial charge in [0, 0.05) is 35.8 Å². The van der Waals surface area contributed by atoms with Crippen LogP contribution >= 0.6 is 15.9 Å². The van der Waals surface area contributed by atoms with Crippen molar-refractivity contribution < 1.29 is 0 Å². The van der Waals surface area contributed by atoms with Crippen LogP contribution in [0.4, 0.5) is 5.69 Å². The van der Waals surface area contributed by atoms with Crippen LogP contribution in [0.1, 0.15) is 6.92 Å². The molecule has 0 radical (unpaired) electrons. The zero-order chi connectivity index (χ0) is 9.97. The van der Waals surface area contributed by atoms with Gasteiger partial charge in [-0.3, -0.25) is 0 Å². The van der Waals surface area contributed by atoms with Crippen molar-refractivity contribution in [2.24, 2.45) is 0 Å². The number of nitrogens with one attached hydrogen (secondary N) is 1. The molecule has 1 fully saturated rings. The summed E-state index contributed by atoms with van der Waals surface area (Å²) in [5, 5.41) is 3.40. The summed E-state index contributed by atoms with van der Waals surface area (Å²) < 4.78 is 1.15. The molecule has 1 aliphatic rings. The van der Waals surface area contributed by atoms with E-state index in [2.05, 4.69) is 57.3 Å². The summed E-state index contributed by atoms with van der Waals surface area (Å²) >= 11 is 3.51. The molecule has 1 atom stereocenters. The number of anilines is 1. The highest BCUT2D eigenvalue weighted by Gasteiger charge is 2.17. The van der Waals surface area contributed by atoms with Crippen molar-refractivity contribution in [2.75, 3.05) is 24.5 Å². The molecule has 1 aromatic rings. The molecule has 0 bridgehead atoms. The van der Waals surface area contributed by atoms with Crippen molar-refractivity contribution >= 4 is 21.6 Å². The Kier molecular flexibility index (Phi) is 3.08. The Bertz CT molecular complexity index is 314. The molecule has 0 aromatic heterocycles. The molecule has 0 unspecified atom stereocenters. The first-order chi connectivity index (χ1) is 6.77. The Morgan fingerprint density at radius 1 is 1.50 bits per heavy atom. The van der Waals surface area contributed by atoms with E-state index in [1.165, 1.54) is 5.69 Å². The minimum atomic E-state index is 0.582. The Balaban J connectivity index is 2.20. The third kappa shape index (κ3) is 2.10. The number of benzene rings is 1. The van der Waals surface area contributed by atoms with Gasteiger partial charge in [0.05, 0.1) is 0 Å². The second-order valence-electron chi connectivity index (χ2n) is 3.73. The van der Waals surface area contributed by atoms with Gasteiger partial charge in [-0.1, -0.05) is 22.0 Å². The van der Waals surface area contributed by atoms with Gasteiger partial charge in [0.1, 0.15) is 0 Å². The summed E-state index contributed by atoms with van der Waals surface area (Å²) in [5.74, 6) is 0. The molecule has 0 spiro atoms. The van der Waals surface area contributed by atoms with Crippen LogP contribution in [0.15, 0.2) is 28.7 Å². The highest BCUT2D eigenvalue weighted by Crippen LogP contribution is 2.22. The van der Waals surface area contributed by atoms with Gasteiger partial charge in [-0.2, -0.15) is 0 Å². The fourth-order valence-electron chi connectivity index (χ4n) is 1.88. The third-order valence-electron chi connectivity index (χ3n) is 2.64. The molecule has 2 rings (SSSR count). The van der Waals surface area contributed by atoms with Gasteiger partial charge < -0.3 is 10.2 Å². The van der Waals surface area contributed by atoms with Crippen LogP contribution in [0.5, 0.6) is 0 Å². The van der Waals surface area contributed by atoms with Gasteiger partial charge >= 0.3 is 0 Å². The molecule has 1 heterocycles. The van der Waals surface area contributed by atoms with Crippen molar-refractivity contribution in [3.8, 4) is 0 Å². The standard InChI is InChI=1S/C11H15BrN2/c1-9-8-13-5-6-14(9)11-4-2-3-10(12)7-11/h2-4,7,9,13H,5-6,8H2,1H3/t9-/m1/s1. The molecule has 2 nitrogen and oxygen atoms in total. The van der Waals surface area contributed by atoms with Crippen LogP contribution in [0.2, 0.25) is 0 Å². The summed E-state index contributed by atoms with van der Waals surface area (Å²) in [5.41, 5.74) is 1.31. The average Bonchev–Trinajstić information content (AvgIpc) is 2.18. The molecule has 0 saturated carbocycles. The van der Waals surface area contributed by atoms with E-state index in [4.69, 9.17) is 0 Å². The van der Waals surface area contributed by atoms with E-state index < -0.39 is 0 Å². The summed E-state index contributed by atoms with van der Waals surface area (Å²) in [7, 11) is 0. The maximum absolute atomic E-state index is 3.51. The number of halogens is 1. The van der Waals surface area contributed by atoms with Crippen LogP contribution in [0, 0.1) is 0 Å². The monoisotopic (exact) mass is 254 g/mol. The number of hydrogen-bond acceptors (Lipinski definition) is 2. The second-order valence-corrected chi connectivity index (χ2v) is 4.64. The van der Waals surface area contributed by atoms with Crippen LogP contribution in [-0.4, -0.2) is 25.7 Å². The molecule has 0 amide bonds. The molecule has 1 N–H and O–H groups in total. The van der Waals surface area contributed by atoms with E-state index in [1.54, 1.807) is 0 Å². The topological polar surface area (TPSA) is 15.3 Å². The number of piperazine rings is 1. The molecule has 1 saturated heterocycles. The van der Waals surface area contributed by atoms with Crippen molar-refractivity contribution in [1.82, 2.24) is 5.32 Å². The molecule has 1 aromatic carbocycles. The highest BCUT2D eigenvalue weighted by atomic mass is 79.9. The smallest absolute Gasteiger partial charge is 0.0386 e. The fraction of sp³-hybridized carbons (Fsp3) is 0.455. The van der Waals surface area contributed by atoms with Crippen LogP contribution in [0.3, 0.4) is 0 Å². The predicted octanol–water partition coefficient (Wildman–Crippen LogP) is 2.25. The normalized spacial score (nSPS) is 22.4. The predicted molar refractivity (Wildman–Crippen MR) is 63.8 cm³/mol. The first-order valence-electron chi connectivity index (χ1n) is 5.00. The molecule has 76 valence electrons. The quantitative estimate of drug-likeness (QED) is 0.828. The molecule has 3 heteroatoms. The lowest BCUT2D eigenvalue weighted by Gasteiger charge is -2.36. The Hall–Kier alpha value is -0.540. The number of nitrogens with zero attached hydrogens (tertiary/aromatic N) is 1. The summed E-state index contributed by atoms with van der Waals surface area (Å²) in [6.45, 7) is 5.51. The first kappa shape index (κ1) is 9.99. The van der Waals surface area contributed by atoms with Gasteiger partial charge in [-0.15, -0.1) is 0 Å². The Labute approximate surface area is 93.4 Å². The van der Waals surface area contributed by atoms with Gasteiger partial charge in [0.15, 0.2) is 0 Å². The zero-order valence-electron chi connectivity index (χ0n) is 8.33. The summed E-state index contributed by atoms with van der Waals surface area (Å²) in [6, 6.07) is 9.09. The second kappa shape index (κ2) is 4.32. The number of rotatable bonds is 1. The largest absolute Gasteiger partial charge is 0.366 e. The van der Waals surface area contributed by atoms with E-state index in [0.29, 0.717) is 6.04 Å².